The number of aliphatic hydroxyl groups is 1. The molecule has 0 saturated heterocycles. The van der Waals surface area contributed by atoms with Crippen molar-refractivity contribution in [1.29, 1.82) is 0 Å². The van der Waals surface area contributed by atoms with Gasteiger partial charge in [0.15, 0.2) is 0 Å². The molecule has 0 aliphatic carbocycles. The fourth-order valence-corrected chi connectivity index (χ4v) is 3.47. The van der Waals surface area contributed by atoms with Crippen LogP contribution in [0.1, 0.15) is 0 Å². The van der Waals surface area contributed by atoms with Gasteiger partial charge in [-0.2, -0.15) is 0 Å². The molecule has 0 radical (unpaired) electrons. The van der Waals surface area contributed by atoms with Crippen LogP contribution in [0.3, 0.4) is 0 Å². The van der Waals surface area contributed by atoms with Crippen LogP contribution in [-0.2, 0) is 0 Å². The van der Waals surface area contributed by atoms with Gasteiger partial charge in [-0.25, -0.2) is 0 Å². The van der Waals surface area contributed by atoms with E-state index in [1.165, 1.54) is 0 Å². The summed E-state index contributed by atoms with van der Waals surface area (Å²) < 4.78 is 7.98. The summed E-state index contributed by atoms with van der Waals surface area (Å²) in [7, 11) is 0. The third-order valence-electron chi connectivity index (χ3n) is 1.56. The first-order valence-corrected chi connectivity index (χ1v) is 6.97. The molecule has 1 rings (SSSR count). The number of aliphatic hydroxyl groups excluding tert-OH is 1. The van der Waals surface area contributed by atoms with Gasteiger partial charge in [-0.05, 0) is 44.0 Å². The lowest BCUT2D eigenvalue weighted by atomic mass is 10.3. The molecule has 0 fully saturated rings. The van der Waals surface area contributed by atoms with Gasteiger partial charge in [-0.15, -0.1) is 11.6 Å². The van der Waals surface area contributed by atoms with Crippen molar-refractivity contribution in [3.8, 4) is 5.75 Å². The first-order valence-electron chi connectivity index (χ1n) is 4.06. The zero-order valence-electron chi connectivity index (χ0n) is 7.51. The maximum absolute atomic E-state index is 9.26. The molecule has 1 unspecified atom stereocenters. The van der Waals surface area contributed by atoms with E-state index in [1.807, 2.05) is 12.1 Å². The highest BCUT2D eigenvalue weighted by molar-refractivity contribution is 9.11. The van der Waals surface area contributed by atoms with Crippen molar-refractivity contribution in [3.63, 3.8) is 0 Å². The number of halogens is 4. The van der Waals surface area contributed by atoms with E-state index in [4.69, 9.17) is 16.3 Å². The molecule has 0 bridgehead atoms. The van der Waals surface area contributed by atoms with Gasteiger partial charge in [0.1, 0.15) is 18.5 Å². The predicted octanol–water partition coefficient (Wildman–Crippen LogP) is 3.95. The lowest BCUT2D eigenvalue weighted by Gasteiger charge is -2.12. The Bertz CT molecular complexity index is 323. The largest absolute Gasteiger partial charge is 0.488 e. The van der Waals surface area contributed by atoms with Crippen LogP contribution < -0.4 is 4.74 Å². The van der Waals surface area contributed by atoms with Crippen LogP contribution in [0.2, 0.25) is 0 Å². The fourth-order valence-electron chi connectivity index (χ4n) is 0.891. The first kappa shape index (κ1) is 13.8. The SMILES string of the molecule is OC(CCl)COc1c(Br)cc(Br)cc1Br. The third-order valence-corrected chi connectivity index (χ3v) is 3.55. The highest BCUT2D eigenvalue weighted by atomic mass is 79.9. The summed E-state index contributed by atoms with van der Waals surface area (Å²) in [6, 6.07) is 3.74. The second-order valence-corrected chi connectivity index (χ2v) is 5.75. The van der Waals surface area contributed by atoms with Crippen molar-refractivity contribution >= 4 is 59.4 Å². The van der Waals surface area contributed by atoms with Crippen LogP contribution in [0.4, 0.5) is 0 Å². The molecule has 84 valence electrons. The Morgan fingerprint density at radius 2 is 1.80 bits per heavy atom. The molecule has 15 heavy (non-hydrogen) atoms. The minimum atomic E-state index is -0.658. The Morgan fingerprint density at radius 1 is 1.27 bits per heavy atom. The second kappa shape index (κ2) is 6.45. The van der Waals surface area contributed by atoms with Gasteiger partial charge in [-0.1, -0.05) is 15.9 Å². The molecule has 0 saturated carbocycles. The molecule has 0 heterocycles. The minimum absolute atomic E-state index is 0.158. The Hall–Kier alpha value is 0.710. The van der Waals surface area contributed by atoms with Crippen LogP contribution in [-0.4, -0.2) is 23.7 Å². The topological polar surface area (TPSA) is 29.5 Å². The summed E-state index contributed by atoms with van der Waals surface area (Å²) in [5.41, 5.74) is 0. The normalized spacial score (nSPS) is 12.6. The van der Waals surface area contributed by atoms with Gasteiger partial charge in [0.05, 0.1) is 14.8 Å². The number of rotatable bonds is 4. The van der Waals surface area contributed by atoms with E-state index in [2.05, 4.69) is 47.8 Å². The van der Waals surface area contributed by atoms with Crippen LogP contribution in [0.15, 0.2) is 25.6 Å². The zero-order chi connectivity index (χ0) is 11.4. The summed E-state index contributed by atoms with van der Waals surface area (Å²) >= 11 is 15.6. The van der Waals surface area contributed by atoms with Crippen molar-refractivity contribution in [3.05, 3.63) is 25.6 Å². The van der Waals surface area contributed by atoms with Crippen LogP contribution in [0.25, 0.3) is 0 Å². The average molecular weight is 423 g/mol. The number of ether oxygens (including phenoxy) is 1. The lowest BCUT2D eigenvalue weighted by Crippen LogP contribution is -2.19. The van der Waals surface area contributed by atoms with Crippen molar-refractivity contribution in [2.75, 3.05) is 12.5 Å². The first-order chi connectivity index (χ1) is 7.04. The molecular weight excluding hydrogens is 415 g/mol. The van der Waals surface area contributed by atoms with Gasteiger partial charge < -0.3 is 9.84 Å². The van der Waals surface area contributed by atoms with E-state index in [0.717, 1.165) is 13.4 Å². The molecule has 1 atom stereocenters. The van der Waals surface area contributed by atoms with Gasteiger partial charge in [-0.3, -0.25) is 0 Å². The Morgan fingerprint density at radius 3 is 2.27 bits per heavy atom. The molecule has 0 spiro atoms. The smallest absolute Gasteiger partial charge is 0.147 e. The molecule has 0 aliphatic rings. The standard InChI is InChI=1S/C9H8Br3ClO2/c10-5-1-7(11)9(8(12)2-5)15-4-6(14)3-13/h1-2,6,14H,3-4H2. The van der Waals surface area contributed by atoms with E-state index >= 15 is 0 Å². The number of benzene rings is 1. The second-order valence-electron chi connectivity index (χ2n) is 2.82. The summed E-state index contributed by atoms with van der Waals surface area (Å²) in [5, 5.41) is 9.26. The summed E-state index contributed by atoms with van der Waals surface area (Å²) in [6.07, 6.45) is -0.658. The van der Waals surface area contributed by atoms with E-state index in [0.29, 0.717) is 5.75 Å². The average Bonchev–Trinajstić information content (AvgIpc) is 2.15. The number of hydrogen-bond donors (Lipinski definition) is 1. The van der Waals surface area contributed by atoms with Crippen LogP contribution in [0, 0.1) is 0 Å². The number of hydrogen-bond acceptors (Lipinski definition) is 2. The Labute approximate surface area is 118 Å². The lowest BCUT2D eigenvalue weighted by molar-refractivity contribution is 0.124. The molecule has 0 amide bonds. The molecule has 6 heteroatoms. The maximum Gasteiger partial charge on any atom is 0.147 e. The van der Waals surface area contributed by atoms with Crippen LogP contribution >= 0.6 is 59.4 Å². The summed E-state index contributed by atoms with van der Waals surface area (Å²) in [6.45, 7) is 0.169. The zero-order valence-corrected chi connectivity index (χ0v) is 13.0. The molecule has 1 aromatic carbocycles. The monoisotopic (exact) mass is 420 g/mol. The molecule has 2 nitrogen and oxygen atoms in total. The summed E-state index contributed by atoms with van der Waals surface area (Å²) in [4.78, 5) is 0. The highest BCUT2D eigenvalue weighted by Gasteiger charge is 2.10. The van der Waals surface area contributed by atoms with E-state index in [1.54, 1.807) is 0 Å². The third kappa shape index (κ3) is 4.23. The fraction of sp³-hybridized carbons (Fsp3) is 0.333. The molecule has 1 aromatic rings. The Balaban J connectivity index is 2.77. The Kier molecular flexibility index (Phi) is 5.92. The van der Waals surface area contributed by atoms with E-state index < -0.39 is 6.10 Å². The van der Waals surface area contributed by atoms with Crippen molar-refractivity contribution in [2.24, 2.45) is 0 Å². The van der Waals surface area contributed by atoms with Crippen molar-refractivity contribution in [2.45, 2.75) is 6.10 Å². The number of alkyl halides is 1. The molecule has 0 aliphatic heterocycles. The highest BCUT2D eigenvalue weighted by Crippen LogP contribution is 2.36. The predicted molar refractivity (Wildman–Crippen MR) is 71.8 cm³/mol. The summed E-state index contributed by atoms with van der Waals surface area (Å²) in [5.74, 6) is 0.813. The van der Waals surface area contributed by atoms with Crippen molar-refractivity contribution < 1.29 is 9.84 Å². The molecule has 1 N–H and O–H groups in total. The minimum Gasteiger partial charge on any atom is -0.488 e. The van der Waals surface area contributed by atoms with Crippen LogP contribution in [0.5, 0.6) is 5.75 Å². The van der Waals surface area contributed by atoms with Gasteiger partial charge in [0.2, 0.25) is 0 Å². The molecular formula is C9H8Br3ClO2. The van der Waals surface area contributed by atoms with Crippen molar-refractivity contribution in [1.82, 2.24) is 0 Å². The van der Waals surface area contributed by atoms with Gasteiger partial charge in [0.25, 0.3) is 0 Å². The maximum atomic E-state index is 9.26. The van der Waals surface area contributed by atoms with Gasteiger partial charge >= 0.3 is 0 Å². The van der Waals surface area contributed by atoms with E-state index in [9.17, 15) is 5.11 Å². The van der Waals surface area contributed by atoms with Gasteiger partial charge in [0, 0.05) is 4.47 Å². The molecule has 0 aromatic heterocycles. The van der Waals surface area contributed by atoms with E-state index in [-0.39, 0.29) is 12.5 Å². The quantitative estimate of drug-likeness (QED) is 0.744.